The van der Waals surface area contributed by atoms with Gasteiger partial charge >= 0.3 is 5.97 Å². The molecular formula is C38H56BrN5O12. The van der Waals surface area contributed by atoms with Crippen LogP contribution in [0, 0.1) is 17.8 Å². The maximum absolute atomic E-state index is 13.9. The van der Waals surface area contributed by atoms with E-state index in [-0.39, 0.29) is 50.3 Å². The van der Waals surface area contributed by atoms with E-state index in [1.54, 1.807) is 24.3 Å². The molecule has 17 nitrogen and oxygen atoms in total. The highest BCUT2D eigenvalue weighted by molar-refractivity contribution is 9.10. The van der Waals surface area contributed by atoms with E-state index in [0.29, 0.717) is 18.4 Å². The Balaban J connectivity index is 3.24. The molecule has 0 aliphatic carbocycles. The number of nitrogens with two attached hydrogens (primary N) is 1. The Hall–Kier alpha value is -4.39. The fourth-order valence-electron chi connectivity index (χ4n) is 5.83. The molecule has 4 amide bonds. The predicted octanol–water partition coefficient (Wildman–Crippen LogP) is 0.699. The minimum Gasteiger partial charge on any atom is -0.481 e. The average Bonchev–Trinajstić information content (AvgIpc) is 3.15. The third kappa shape index (κ3) is 17.6. The number of carboxylic acid groups (broad SMARTS) is 1. The largest absolute Gasteiger partial charge is 0.481 e. The summed E-state index contributed by atoms with van der Waals surface area (Å²) in [6.07, 6.45) is -1.42. The van der Waals surface area contributed by atoms with Crippen molar-refractivity contribution in [3.63, 3.8) is 0 Å². The summed E-state index contributed by atoms with van der Waals surface area (Å²) in [4.78, 5) is 115. The summed E-state index contributed by atoms with van der Waals surface area (Å²) in [6.45, 7) is 1.42. The summed E-state index contributed by atoms with van der Waals surface area (Å²) in [5.74, 6) is -9.24. The van der Waals surface area contributed by atoms with Gasteiger partial charge in [-0.3, -0.25) is 43.2 Å². The van der Waals surface area contributed by atoms with Gasteiger partial charge in [0.1, 0.15) is 5.78 Å². The molecule has 0 heterocycles. The van der Waals surface area contributed by atoms with Crippen molar-refractivity contribution in [2.75, 3.05) is 33.9 Å². The first-order chi connectivity index (χ1) is 26.4. The lowest BCUT2D eigenvalue weighted by atomic mass is 9.91. The van der Waals surface area contributed by atoms with E-state index in [0.717, 1.165) is 9.37 Å². The molecule has 1 rings (SSSR count). The van der Waals surface area contributed by atoms with Gasteiger partial charge < -0.3 is 41.9 Å². The summed E-state index contributed by atoms with van der Waals surface area (Å²) >= 11 is 3.31. The number of nitrogens with one attached hydrogen (secondary N) is 3. The number of hydrogen-bond acceptors (Lipinski definition) is 12. The number of carbonyl (C=O) groups is 9. The average molecular weight is 855 g/mol. The highest BCUT2D eigenvalue weighted by Crippen LogP contribution is 2.20. The number of primary amides is 1. The summed E-state index contributed by atoms with van der Waals surface area (Å²) in [6, 6.07) is 3.34. The van der Waals surface area contributed by atoms with E-state index in [9.17, 15) is 58.5 Å². The predicted molar refractivity (Wildman–Crippen MR) is 207 cm³/mol. The van der Waals surface area contributed by atoms with Gasteiger partial charge in [-0.1, -0.05) is 22.9 Å². The Bertz CT molecular complexity index is 1540. The van der Waals surface area contributed by atoms with Crippen LogP contribution in [0.25, 0.3) is 0 Å². The first kappa shape index (κ1) is 49.6. The molecule has 0 bridgehead atoms. The molecule has 0 saturated carbocycles. The lowest BCUT2D eigenvalue weighted by Gasteiger charge is -2.31. The Morgan fingerprint density at radius 3 is 1.91 bits per heavy atom. The number of hydrogen-bond donors (Lipinski definition) is 7. The van der Waals surface area contributed by atoms with E-state index < -0.39 is 109 Å². The number of aliphatic hydroxyl groups is 2. The molecule has 8 N–H and O–H groups in total. The van der Waals surface area contributed by atoms with Gasteiger partial charge in [0.15, 0.2) is 17.3 Å². The molecule has 0 aliphatic rings. The summed E-state index contributed by atoms with van der Waals surface area (Å²) in [5, 5.41) is 37.5. The number of halogens is 1. The van der Waals surface area contributed by atoms with Gasteiger partial charge in [-0.2, -0.15) is 0 Å². The Morgan fingerprint density at radius 2 is 1.38 bits per heavy atom. The first-order valence-corrected chi connectivity index (χ1v) is 19.2. The number of nitrogens with zero attached hydrogens (tertiary/aromatic N) is 1. The van der Waals surface area contributed by atoms with Gasteiger partial charge in [0.2, 0.25) is 17.7 Å². The van der Waals surface area contributed by atoms with Crippen molar-refractivity contribution in [1.29, 1.82) is 0 Å². The quantitative estimate of drug-likeness (QED) is 0.0548. The van der Waals surface area contributed by atoms with Gasteiger partial charge in [0, 0.05) is 61.7 Å². The Labute approximate surface area is 335 Å². The van der Waals surface area contributed by atoms with Crippen molar-refractivity contribution < 1.29 is 58.5 Å². The summed E-state index contributed by atoms with van der Waals surface area (Å²) < 4.78 is 0.799. The SMILES string of the molecule is CN[C@@H](CCC(N)=O)C(=O)C[C@@H](CO)C(=O)N(C)[C@@H](CCCCNC(=O)c1ccc(Br)cc1)C(=O)C[C@@H](CO)C(=O)N[C@@H](CCC(=O)O)C(=O)C[C@@H](C)C(C)=O. The second-order valence-electron chi connectivity index (χ2n) is 13.8. The van der Waals surface area contributed by atoms with Gasteiger partial charge in [0.05, 0.1) is 43.2 Å². The topological polar surface area (TPSA) is 280 Å². The smallest absolute Gasteiger partial charge is 0.303 e. The molecule has 56 heavy (non-hydrogen) atoms. The molecule has 6 atom stereocenters. The number of Topliss-reactive ketones (excluding diaryl/α,β-unsaturated/α-hetero) is 4. The lowest BCUT2D eigenvalue weighted by molar-refractivity contribution is -0.145. The van der Waals surface area contributed by atoms with Crippen molar-refractivity contribution >= 4 is 68.7 Å². The Kier molecular flexibility index (Phi) is 22.8. The molecule has 18 heteroatoms. The van der Waals surface area contributed by atoms with E-state index in [1.165, 1.54) is 27.9 Å². The van der Waals surface area contributed by atoms with Crippen LogP contribution in [0.1, 0.15) is 88.4 Å². The highest BCUT2D eigenvalue weighted by Gasteiger charge is 2.35. The number of likely N-dealkylation sites (N-methyl/N-ethyl adjacent to an activating group) is 2. The third-order valence-electron chi connectivity index (χ3n) is 9.51. The van der Waals surface area contributed by atoms with Crippen molar-refractivity contribution in [2.45, 2.75) is 96.2 Å². The molecule has 1 aromatic rings. The number of unbranched alkanes of at least 4 members (excludes halogenated alkanes) is 1. The zero-order chi connectivity index (χ0) is 42.5. The van der Waals surface area contributed by atoms with Crippen LogP contribution in [0.2, 0.25) is 0 Å². The number of amides is 4. The highest BCUT2D eigenvalue weighted by atomic mass is 79.9. The Morgan fingerprint density at radius 1 is 0.804 bits per heavy atom. The first-order valence-electron chi connectivity index (χ1n) is 18.4. The van der Waals surface area contributed by atoms with Crippen LogP contribution in [0.3, 0.4) is 0 Å². The number of benzene rings is 1. The van der Waals surface area contributed by atoms with E-state index in [1.807, 2.05) is 0 Å². The molecule has 0 spiro atoms. The molecule has 0 aliphatic heterocycles. The van der Waals surface area contributed by atoms with E-state index in [4.69, 9.17) is 5.73 Å². The van der Waals surface area contributed by atoms with Crippen molar-refractivity contribution in [1.82, 2.24) is 20.9 Å². The number of aliphatic hydroxyl groups excluding tert-OH is 2. The molecule has 0 radical (unpaired) electrons. The van der Waals surface area contributed by atoms with E-state index in [2.05, 4.69) is 31.9 Å². The summed E-state index contributed by atoms with van der Waals surface area (Å²) in [7, 11) is 2.80. The van der Waals surface area contributed by atoms with Crippen LogP contribution in [0.15, 0.2) is 28.7 Å². The van der Waals surface area contributed by atoms with Crippen molar-refractivity contribution in [3.8, 4) is 0 Å². The normalized spacial score (nSPS) is 14.3. The number of aliphatic carboxylic acids is 1. The lowest BCUT2D eigenvalue weighted by Crippen LogP contribution is -2.49. The summed E-state index contributed by atoms with van der Waals surface area (Å²) in [5.41, 5.74) is 5.64. The zero-order valence-corrected chi connectivity index (χ0v) is 34.0. The molecular weight excluding hydrogens is 798 g/mol. The number of carboxylic acids is 1. The monoisotopic (exact) mass is 853 g/mol. The van der Waals surface area contributed by atoms with Gasteiger partial charge in [-0.05, 0) is 70.3 Å². The second-order valence-corrected chi connectivity index (χ2v) is 14.8. The standard InChI is InChI=1S/C38H56BrN5O12/c1-22(23(2)47)17-31(48)29(13-15-35(52)53)43-37(55)25(20-45)18-33(50)30(7-5-6-16-42-36(54)24-8-10-27(39)11-9-24)44(4)38(56)26(21-46)19-32(49)28(41-3)12-14-34(40)51/h8-11,22,25-26,28-30,41,45-46H,5-7,12-21H2,1-4H3,(H2,40,51)(H,42,54)(H,43,55)(H,52,53)/t22-,25+,26+,28+,29+,30+/m1/s1. The molecule has 0 saturated heterocycles. The van der Waals surface area contributed by atoms with Crippen LogP contribution < -0.4 is 21.7 Å². The minimum atomic E-state index is -1.42. The minimum absolute atomic E-state index is 0.0293. The van der Waals surface area contributed by atoms with Crippen molar-refractivity contribution in [2.24, 2.45) is 23.5 Å². The fourth-order valence-corrected chi connectivity index (χ4v) is 6.09. The van der Waals surface area contributed by atoms with Crippen LogP contribution in [-0.2, 0) is 38.4 Å². The number of ketones is 4. The second kappa shape index (κ2) is 25.7. The van der Waals surface area contributed by atoms with Crippen molar-refractivity contribution in [3.05, 3.63) is 34.3 Å². The van der Waals surface area contributed by atoms with Crippen LogP contribution in [0.5, 0.6) is 0 Å². The molecule has 1 aromatic carbocycles. The molecule has 312 valence electrons. The molecule has 0 fully saturated rings. The maximum Gasteiger partial charge on any atom is 0.303 e. The number of carbonyl (C=O) groups excluding carboxylic acids is 8. The fraction of sp³-hybridized carbons (Fsp3) is 0.605. The van der Waals surface area contributed by atoms with Crippen LogP contribution in [0.4, 0.5) is 0 Å². The van der Waals surface area contributed by atoms with Gasteiger partial charge in [-0.15, -0.1) is 0 Å². The zero-order valence-electron chi connectivity index (χ0n) is 32.4. The number of rotatable bonds is 29. The van der Waals surface area contributed by atoms with Crippen LogP contribution in [-0.4, -0.2) is 125 Å². The van der Waals surface area contributed by atoms with Gasteiger partial charge in [0.25, 0.3) is 5.91 Å². The third-order valence-corrected chi connectivity index (χ3v) is 10.0. The molecule has 0 aromatic heterocycles. The molecule has 0 unspecified atom stereocenters. The van der Waals surface area contributed by atoms with Gasteiger partial charge in [-0.25, -0.2) is 0 Å². The van der Waals surface area contributed by atoms with Crippen LogP contribution >= 0.6 is 15.9 Å². The van der Waals surface area contributed by atoms with E-state index >= 15 is 0 Å². The maximum atomic E-state index is 13.9.